The molecule has 4 aliphatic rings. The second-order valence-corrected chi connectivity index (χ2v) is 5.00. The number of hydrogen-bond donors (Lipinski definition) is 0. The summed E-state index contributed by atoms with van der Waals surface area (Å²) >= 11 is 0. The monoisotopic (exact) mass is 246 g/mol. The molecular weight excluding hydrogens is 228 g/mol. The van der Waals surface area contributed by atoms with Crippen LogP contribution in [0.3, 0.4) is 0 Å². The van der Waals surface area contributed by atoms with Gasteiger partial charge >= 0.3 is 0 Å². The fourth-order valence-electron chi connectivity index (χ4n) is 2.83. The van der Waals surface area contributed by atoms with E-state index in [2.05, 4.69) is 0 Å². The molecule has 0 aliphatic carbocycles. The van der Waals surface area contributed by atoms with Crippen molar-refractivity contribution in [3.8, 4) is 0 Å². The predicted molar refractivity (Wildman–Crippen MR) is 55.2 cm³/mol. The first kappa shape index (κ1) is 11.8. The van der Waals surface area contributed by atoms with Gasteiger partial charge in [-0.3, -0.25) is 0 Å². The first-order valence-electron chi connectivity index (χ1n) is 5.75. The summed E-state index contributed by atoms with van der Waals surface area (Å²) in [4.78, 5) is 0. The van der Waals surface area contributed by atoms with Gasteiger partial charge in [0.2, 0.25) is 6.29 Å². The Kier molecular flexibility index (Phi) is 2.52. The quantitative estimate of drug-likeness (QED) is 0.696. The standard InChI is InChI=1S/C11H18O6/c1-10(2)16-7-6-5-14-11(13-4,8(7)17-10)9(12-3)15-6/h6-9H,5H2,1-4H3/t6-,7+,8+,9+,11-/m0/s1. The van der Waals surface area contributed by atoms with Crippen molar-refractivity contribution in [2.75, 3.05) is 20.8 Å². The van der Waals surface area contributed by atoms with Gasteiger partial charge in [0.1, 0.15) is 18.3 Å². The lowest BCUT2D eigenvalue weighted by Crippen LogP contribution is -2.73. The van der Waals surface area contributed by atoms with Crippen molar-refractivity contribution in [3.63, 3.8) is 0 Å². The molecule has 17 heavy (non-hydrogen) atoms. The van der Waals surface area contributed by atoms with Crippen molar-refractivity contribution in [2.24, 2.45) is 0 Å². The molecule has 4 aliphatic heterocycles. The summed E-state index contributed by atoms with van der Waals surface area (Å²) in [6, 6.07) is 0. The Bertz CT molecular complexity index is 319. The van der Waals surface area contributed by atoms with Crippen molar-refractivity contribution in [1.82, 2.24) is 0 Å². The van der Waals surface area contributed by atoms with Crippen molar-refractivity contribution >= 4 is 0 Å². The molecule has 98 valence electrons. The first-order valence-corrected chi connectivity index (χ1v) is 5.75. The molecule has 0 N–H and O–H groups in total. The maximum atomic E-state index is 5.88. The van der Waals surface area contributed by atoms with Crippen LogP contribution in [-0.4, -0.2) is 57.0 Å². The molecule has 6 nitrogen and oxygen atoms in total. The number of fused-ring (bicyclic) bond motifs is 2. The van der Waals surface area contributed by atoms with Gasteiger partial charge in [0, 0.05) is 14.2 Å². The third-order valence-corrected chi connectivity index (χ3v) is 3.53. The molecule has 0 spiro atoms. The number of hydrogen-bond acceptors (Lipinski definition) is 6. The SMILES string of the molecule is CO[C@@H]1O[C@H]2CO[C@@]1(OC)[C@@H]1OC(C)(C)O[C@H]21. The molecule has 2 bridgehead atoms. The lowest BCUT2D eigenvalue weighted by molar-refractivity contribution is -0.447. The molecule has 4 heterocycles. The highest BCUT2D eigenvalue weighted by Crippen LogP contribution is 2.48. The minimum Gasteiger partial charge on any atom is -0.351 e. The van der Waals surface area contributed by atoms with Crippen LogP contribution in [0, 0.1) is 0 Å². The first-order chi connectivity index (χ1) is 8.02. The zero-order chi connectivity index (χ0) is 12.3. The van der Waals surface area contributed by atoms with Gasteiger partial charge in [-0.15, -0.1) is 0 Å². The Hall–Kier alpha value is -0.240. The van der Waals surface area contributed by atoms with Crippen LogP contribution in [0.25, 0.3) is 0 Å². The topological polar surface area (TPSA) is 55.4 Å². The highest BCUT2D eigenvalue weighted by Gasteiger charge is 2.68. The van der Waals surface area contributed by atoms with Gasteiger partial charge in [-0.25, -0.2) is 0 Å². The van der Waals surface area contributed by atoms with Gasteiger partial charge in [0.05, 0.1) is 6.61 Å². The van der Waals surface area contributed by atoms with Crippen LogP contribution in [-0.2, 0) is 28.4 Å². The van der Waals surface area contributed by atoms with Gasteiger partial charge in [-0.1, -0.05) is 0 Å². The van der Waals surface area contributed by atoms with E-state index in [1.807, 2.05) is 13.8 Å². The molecule has 0 aromatic rings. The largest absolute Gasteiger partial charge is 0.351 e. The van der Waals surface area contributed by atoms with Crippen molar-refractivity contribution in [1.29, 1.82) is 0 Å². The summed E-state index contributed by atoms with van der Waals surface area (Å²) in [5.41, 5.74) is 0. The minimum atomic E-state index is -1.04. The Morgan fingerprint density at radius 3 is 2.59 bits per heavy atom. The lowest BCUT2D eigenvalue weighted by atomic mass is 9.92. The van der Waals surface area contributed by atoms with Crippen LogP contribution in [0.15, 0.2) is 0 Å². The van der Waals surface area contributed by atoms with Gasteiger partial charge < -0.3 is 28.4 Å². The van der Waals surface area contributed by atoms with E-state index in [4.69, 9.17) is 28.4 Å². The molecule has 0 radical (unpaired) electrons. The van der Waals surface area contributed by atoms with Gasteiger partial charge in [-0.05, 0) is 13.8 Å². The zero-order valence-corrected chi connectivity index (χ0v) is 10.5. The van der Waals surface area contributed by atoms with Gasteiger partial charge in [0.15, 0.2) is 5.79 Å². The molecule has 6 heteroatoms. The summed E-state index contributed by atoms with van der Waals surface area (Å²) in [7, 11) is 3.12. The summed E-state index contributed by atoms with van der Waals surface area (Å²) in [5.74, 6) is -1.70. The summed E-state index contributed by atoms with van der Waals surface area (Å²) in [6.07, 6.45) is -1.28. The van der Waals surface area contributed by atoms with Crippen molar-refractivity contribution in [2.45, 2.75) is 50.0 Å². The second-order valence-electron chi connectivity index (χ2n) is 5.00. The van der Waals surface area contributed by atoms with E-state index in [9.17, 15) is 0 Å². The molecule has 4 fully saturated rings. The van der Waals surface area contributed by atoms with Gasteiger partial charge in [-0.2, -0.15) is 0 Å². The highest BCUT2D eigenvalue weighted by molar-refractivity contribution is 5.05. The van der Waals surface area contributed by atoms with E-state index < -0.39 is 17.9 Å². The number of rotatable bonds is 2. The summed E-state index contributed by atoms with van der Waals surface area (Å²) in [5, 5.41) is 0. The van der Waals surface area contributed by atoms with E-state index in [-0.39, 0.29) is 18.3 Å². The van der Waals surface area contributed by atoms with Crippen molar-refractivity contribution in [3.05, 3.63) is 0 Å². The molecular formula is C11H18O6. The van der Waals surface area contributed by atoms with E-state index in [1.165, 1.54) is 0 Å². The van der Waals surface area contributed by atoms with Crippen LogP contribution in [0.2, 0.25) is 0 Å². The molecule has 0 aromatic heterocycles. The van der Waals surface area contributed by atoms with Crippen LogP contribution in [0.1, 0.15) is 13.8 Å². The third-order valence-electron chi connectivity index (χ3n) is 3.53. The van der Waals surface area contributed by atoms with E-state index in [1.54, 1.807) is 14.2 Å². The third kappa shape index (κ3) is 1.49. The molecule has 0 aromatic carbocycles. The Morgan fingerprint density at radius 1 is 1.18 bits per heavy atom. The van der Waals surface area contributed by atoms with E-state index in [0.29, 0.717) is 6.61 Å². The van der Waals surface area contributed by atoms with Gasteiger partial charge in [0.25, 0.3) is 5.79 Å². The zero-order valence-electron chi connectivity index (χ0n) is 10.5. The second kappa shape index (κ2) is 3.63. The Balaban J connectivity index is 1.96. The van der Waals surface area contributed by atoms with Crippen LogP contribution >= 0.6 is 0 Å². The highest BCUT2D eigenvalue weighted by atomic mass is 16.8. The van der Waals surface area contributed by atoms with Crippen LogP contribution in [0.4, 0.5) is 0 Å². The maximum Gasteiger partial charge on any atom is 0.250 e. The summed E-state index contributed by atoms with van der Waals surface area (Å²) in [6.45, 7) is 4.17. The fourth-order valence-corrected chi connectivity index (χ4v) is 2.83. The minimum absolute atomic E-state index is 0.176. The van der Waals surface area contributed by atoms with E-state index >= 15 is 0 Å². The smallest absolute Gasteiger partial charge is 0.250 e. The molecule has 0 unspecified atom stereocenters. The number of methoxy groups -OCH3 is 2. The molecule has 0 amide bonds. The molecule has 4 rings (SSSR count). The fraction of sp³-hybridized carbons (Fsp3) is 1.00. The van der Waals surface area contributed by atoms with Crippen LogP contribution in [0.5, 0.6) is 0 Å². The molecule has 0 saturated carbocycles. The summed E-state index contributed by atoms with van der Waals surface area (Å²) < 4.78 is 34.0. The average Bonchev–Trinajstić information content (AvgIpc) is 2.66. The Labute approximate surface area is 100 Å². The van der Waals surface area contributed by atoms with Crippen molar-refractivity contribution < 1.29 is 28.4 Å². The van der Waals surface area contributed by atoms with Crippen LogP contribution < -0.4 is 0 Å². The Morgan fingerprint density at radius 2 is 1.94 bits per heavy atom. The normalized spacial score (nSPS) is 51.5. The predicted octanol–water partition coefficient (Wildman–Crippen LogP) is 0.251. The number of ether oxygens (including phenoxy) is 6. The lowest BCUT2D eigenvalue weighted by Gasteiger charge is -2.53. The molecule has 4 saturated heterocycles. The molecule has 5 atom stereocenters. The van der Waals surface area contributed by atoms with E-state index in [0.717, 1.165) is 0 Å². The maximum absolute atomic E-state index is 5.88. The average molecular weight is 246 g/mol.